The molecule has 11 nitrogen and oxygen atoms in total. The van der Waals surface area contributed by atoms with E-state index in [1.165, 1.54) is 0 Å². The number of epoxide rings is 1. The van der Waals surface area contributed by atoms with Gasteiger partial charge < -0.3 is 36.5 Å². The molecule has 5 rings (SSSR count). The number of dihydropyridines is 1. The number of esters is 1. The molecule has 0 unspecified atom stereocenters. The Bertz CT molecular complexity index is 1490. The van der Waals surface area contributed by atoms with E-state index in [9.17, 15) is 14.4 Å². The highest BCUT2D eigenvalue weighted by atomic mass is 16.7. The topological polar surface area (TPSA) is 159 Å². The van der Waals surface area contributed by atoms with Gasteiger partial charge >= 0.3 is 5.97 Å². The average Bonchev–Trinajstić information content (AvgIpc) is 3.83. The second-order valence-corrected chi connectivity index (χ2v) is 13.1. The number of nitrogens with zero attached hydrogens (tertiary/aromatic N) is 1. The van der Waals surface area contributed by atoms with Gasteiger partial charge in [0.2, 0.25) is 5.78 Å². The number of fused-ring (bicyclic) bond motifs is 2. The Morgan fingerprint density at radius 1 is 1.19 bits per heavy atom. The van der Waals surface area contributed by atoms with Crippen LogP contribution in [0.1, 0.15) is 86.4 Å². The fraction of sp³-hybridized carbons (Fsp3) is 0.556. The molecule has 0 aromatic heterocycles. The normalized spacial score (nSPS) is 28.4. The SMILES string of the molecule is CCCC[C@H](CNCC)COC(=O)[C@]12O[C@@]1(C/C=C(\C)C[C@]1(C3=CCNC(N)=C3)CCCNC(=NC)N1)C(=O)c1ccccc1C2=O. The Labute approximate surface area is 277 Å². The summed E-state index contributed by atoms with van der Waals surface area (Å²) in [6.07, 6.45) is 11.3. The summed E-state index contributed by atoms with van der Waals surface area (Å²) >= 11 is 0. The number of ether oxygens (including phenoxy) is 2. The largest absolute Gasteiger partial charge is 0.463 e. The van der Waals surface area contributed by atoms with E-state index in [1.54, 1.807) is 31.3 Å². The van der Waals surface area contributed by atoms with E-state index in [1.807, 2.05) is 26.0 Å². The molecule has 0 saturated carbocycles. The Balaban J connectivity index is 1.43. The van der Waals surface area contributed by atoms with Crippen molar-refractivity contribution in [3.05, 3.63) is 70.6 Å². The van der Waals surface area contributed by atoms with E-state index in [0.29, 0.717) is 31.3 Å². The summed E-state index contributed by atoms with van der Waals surface area (Å²) in [6.45, 7) is 9.20. The first-order valence-corrected chi connectivity index (χ1v) is 17.0. The molecule has 0 amide bonds. The Morgan fingerprint density at radius 3 is 2.66 bits per heavy atom. The highest BCUT2D eigenvalue weighted by Crippen LogP contribution is 2.58. The van der Waals surface area contributed by atoms with Crippen LogP contribution < -0.4 is 27.0 Å². The highest BCUT2D eigenvalue weighted by molar-refractivity contribution is 6.32. The van der Waals surface area contributed by atoms with Crippen LogP contribution in [0, 0.1) is 5.92 Å². The summed E-state index contributed by atoms with van der Waals surface area (Å²) < 4.78 is 12.0. The molecular formula is C36H50N6O5. The van der Waals surface area contributed by atoms with Crippen molar-refractivity contribution >= 4 is 23.5 Å². The number of nitrogens with two attached hydrogens (primary N) is 1. The summed E-state index contributed by atoms with van der Waals surface area (Å²) in [5.74, 6) is -0.284. The molecule has 0 spiro atoms. The number of hydrogen-bond donors (Lipinski definition) is 5. The molecule has 0 radical (unpaired) electrons. The van der Waals surface area contributed by atoms with Crippen LogP contribution in [-0.2, 0) is 14.3 Å². The molecular weight excluding hydrogens is 596 g/mol. The number of hydrogen-bond acceptors (Lipinski definition) is 9. The Kier molecular flexibility index (Phi) is 10.6. The maximum atomic E-state index is 14.1. The van der Waals surface area contributed by atoms with Crippen LogP contribution in [0.2, 0.25) is 0 Å². The average molecular weight is 647 g/mol. The van der Waals surface area contributed by atoms with E-state index >= 15 is 0 Å². The van der Waals surface area contributed by atoms with Crippen molar-refractivity contribution in [1.29, 1.82) is 0 Å². The van der Waals surface area contributed by atoms with Gasteiger partial charge in [0.1, 0.15) is 0 Å². The van der Waals surface area contributed by atoms with Crippen molar-refractivity contribution < 1.29 is 23.9 Å². The number of carbonyl (C=O) groups excluding carboxylic acids is 3. The minimum Gasteiger partial charge on any atom is -0.463 e. The molecule has 4 aliphatic rings. The van der Waals surface area contributed by atoms with E-state index in [-0.39, 0.29) is 35.9 Å². The molecule has 6 N–H and O–H groups in total. The van der Waals surface area contributed by atoms with Crippen LogP contribution in [0.3, 0.4) is 0 Å². The van der Waals surface area contributed by atoms with Crippen LogP contribution in [-0.4, -0.2) is 80.1 Å². The number of ketones is 2. The number of guanidine groups is 1. The summed E-state index contributed by atoms with van der Waals surface area (Å²) in [4.78, 5) is 46.5. The van der Waals surface area contributed by atoms with Crippen molar-refractivity contribution in [3.8, 4) is 0 Å². The maximum absolute atomic E-state index is 14.1. The molecule has 1 aromatic rings. The van der Waals surface area contributed by atoms with Gasteiger partial charge in [-0.1, -0.05) is 68.7 Å². The van der Waals surface area contributed by atoms with Crippen LogP contribution in [0.5, 0.6) is 0 Å². The number of unbranched alkanes of at least 4 members (excludes halogenated alkanes) is 1. The predicted molar refractivity (Wildman–Crippen MR) is 182 cm³/mol. The zero-order chi connectivity index (χ0) is 33.7. The van der Waals surface area contributed by atoms with Crippen molar-refractivity contribution in [2.75, 3.05) is 39.8 Å². The fourth-order valence-electron chi connectivity index (χ4n) is 7.19. The Hall–Kier alpha value is -3.96. The smallest absolute Gasteiger partial charge is 0.350 e. The van der Waals surface area contributed by atoms with Gasteiger partial charge in [-0.3, -0.25) is 14.6 Å². The number of aliphatic imine (C=N–C) groups is 1. The van der Waals surface area contributed by atoms with Gasteiger partial charge in [0.25, 0.3) is 5.60 Å². The van der Waals surface area contributed by atoms with E-state index < -0.39 is 28.5 Å². The molecule has 1 aliphatic carbocycles. The summed E-state index contributed by atoms with van der Waals surface area (Å²) in [7, 11) is 1.74. The number of benzene rings is 1. The lowest BCUT2D eigenvalue weighted by Gasteiger charge is -2.37. The standard InChI is InChI=1S/C36H50N6O5/c1-5-7-11-25(22-39-6-2)23-46-32(45)36-31(44)28-13-9-8-12-27(28)30(43)35(36,47-36)17-14-24(3)21-34(26-15-19-40-29(37)20-26)16-10-18-41-33(38-4)42-34/h8-9,12-15,20,25,39-40H,5-7,10-11,16-19,21-23,37H2,1-4H3,(H2,38,41,42)/b24-14+/t25-,34+,35+,36+/m1/s1. The van der Waals surface area contributed by atoms with Crippen LogP contribution in [0.4, 0.5) is 0 Å². The minimum atomic E-state index is -2.00. The van der Waals surface area contributed by atoms with Gasteiger partial charge in [-0.05, 0) is 50.8 Å². The summed E-state index contributed by atoms with van der Waals surface area (Å²) in [6, 6.07) is 6.63. The Morgan fingerprint density at radius 2 is 1.96 bits per heavy atom. The number of carbonyl (C=O) groups is 3. The van der Waals surface area contributed by atoms with E-state index in [4.69, 9.17) is 15.2 Å². The molecule has 1 aromatic carbocycles. The van der Waals surface area contributed by atoms with Gasteiger partial charge in [-0.15, -0.1) is 0 Å². The fourth-order valence-corrected chi connectivity index (χ4v) is 7.19. The van der Waals surface area contributed by atoms with Gasteiger partial charge in [0.15, 0.2) is 17.3 Å². The monoisotopic (exact) mass is 646 g/mol. The number of Topliss-reactive ketones (excluding diaryl/α,β-unsaturated/α-hetero) is 2. The number of rotatable bonds is 14. The first-order valence-electron chi connectivity index (χ1n) is 17.0. The molecule has 47 heavy (non-hydrogen) atoms. The quantitative estimate of drug-likeness (QED) is 0.0879. The molecule has 2 fully saturated rings. The third kappa shape index (κ3) is 6.60. The van der Waals surface area contributed by atoms with Crippen LogP contribution in [0.15, 0.2) is 64.5 Å². The molecule has 0 bridgehead atoms. The molecule has 3 aliphatic heterocycles. The molecule has 11 heteroatoms. The first-order chi connectivity index (χ1) is 22.7. The lowest BCUT2D eigenvalue weighted by Crippen LogP contribution is -2.52. The van der Waals surface area contributed by atoms with Crippen molar-refractivity contribution in [2.45, 2.75) is 82.5 Å². The lowest BCUT2D eigenvalue weighted by molar-refractivity contribution is -0.149. The van der Waals surface area contributed by atoms with Gasteiger partial charge in [0, 0.05) is 50.1 Å². The van der Waals surface area contributed by atoms with Crippen molar-refractivity contribution in [3.63, 3.8) is 0 Å². The molecule has 3 heterocycles. The van der Waals surface area contributed by atoms with Crippen LogP contribution >= 0.6 is 0 Å². The highest BCUT2D eigenvalue weighted by Gasteiger charge is 2.85. The molecule has 2 saturated heterocycles. The van der Waals surface area contributed by atoms with E-state index in [0.717, 1.165) is 56.3 Å². The molecule has 254 valence electrons. The third-order valence-corrected chi connectivity index (χ3v) is 9.81. The third-order valence-electron chi connectivity index (χ3n) is 9.81. The first kappa shape index (κ1) is 34.4. The minimum absolute atomic E-state index is 0.0606. The molecule has 4 atom stereocenters. The zero-order valence-corrected chi connectivity index (χ0v) is 28.2. The predicted octanol–water partition coefficient (Wildman–Crippen LogP) is 3.29. The van der Waals surface area contributed by atoms with Gasteiger partial charge in [-0.2, -0.15) is 0 Å². The zero-order valence-electron chi connectivity index (χ0n) is 28.2. The second-order valence-electron chi connectivity index (χ2n) is 13.1. The van der Waals surface area contributed by atoms with Crippen molar-refractivity contribution in [1.82, 2.24) is 21.3 Å². The summed E-state index contributed by atoms with van der Waals surface area (Å²) in [5, 5.41) is 13.5. The van der Waals surface area contributed by atoms with Crippen molar-refractivity contribution in [2.24, 2.45) is 16.6 Å². The maximum Gasteiger partial charge on any atom is 0.350 e. The van der Waals surface area contributed by atoms with Gasteiger partial charge in [0.05, 0.1) is 18.0 Å². The van der Waals surface area contributed by atoms with Gasteiger partial charge in [-0.25, -0.2) is 4.79 Å². The lowest BCUT2D eigenvalue weighted by atomic mass is 9.72. The summed E-state index contributed by atoms with van der Waals surface area (Å²) in [5.41, 5.74) is 4.52. The second kappa shape index (κ2) is 14.4. The number of nitrogens with one attached hydrogen (secondary N) is 4. The van der Waals surface area contributed by atoms with E-state index in [2.05, 4.69) is 39.3 Å². The van der Waals surface area contributed by atoms with Crippen LogP contribution in [0.25, 0.3) is 0 Å².